The number of hydrogen-bond acceptors (Lipinski definition) is 6. The summed E-state index contributed by atoms with van der Waals surface area (Å²) in [6.45, 7) is 4.40. The number of aromatic nitrogens is 1. The summed E-state index contributed by atoms with van der Waals surface area (Å²) in [5.41, 5.74) is 5.62. The van der Waals surface area contributed by atoms with Gasteiger partial charge in [-0.25, -0.2) is 18.4 Å². The van der Waals surface area contributed by atoms with Crippen LogP contribution in [0.3, 0.4) is 0 Å². The number of methoxy groups -OCH3 is 1. The van der Waals surface area contributed by atoms with Crippen LogP contribution < -0.4 is 9.57 Å². The van der Waals surface area contributed by atoms with Crippen molar-refractivity contribution >= 4 is 10.0 Å². The molecule has 0 bridgehead atoms. The number of fused-ring (bicyclic) bond motifs is 1. The average molecular weight is 490 g/mol. The monoisotopic (exact) mass is 489 g/mol. The van der Waals surface area contributed by atoms with Crippen LogP contribution in [0.2, 0.25) is 0 Å². The Morgan fingerprint density at radius 3 is 2.31 bits per heavy atom. The molecule has 1 aromatic heterocycles. The van der Waals surface area contributed by atoms with Crippen LogP contribution in [0.5, 0.6) is 5.95 Å². The summed E-state index contributed by atoms with van der Waals surface area (Å²) >= 11 is 0. The molecule has 0 spiro atoms. The predicted octanol–water partition coefficient (Wildman–Crippen LogP) is 4.81. The van der Waals surface area contributed by atoms with Gasteiger partial charge in [0.2, 0.25) is 5.89 Å². The molecule has 0 saturated heterocycles. The molecular weight excluding hydrogens is 462 g/mol. The lowest BCUT2D eigenvalue weighted by molar-refractivity contribution is 0.153. The van der Waals surface area contributed by atoms with Crippen molar-refractivity contribution < 1.29 is 17.6 Å². The van der Waals surface area contributed by atoms with Gasteiger partial charge in [-0.3, -0.25) is 0 Å². The van der Waals surface area contributed by atoms with Crippen LogP contribution in [0.4, 0.5) is 0 Å². The minimum atomic E-state index is -3.81. The minimum Gasteiger partial charge on any atom is -0.467 e. The van der Waals surface area contributed by atoms with E-state index >= 15 is 0 Å². The lowest BCUT2D eigenvalue weighted by Gasteiger charge is -2.35. The fourth-order valence-electron chi connectivity index (χ4n) is 4.33. The first-order chi connectivity index (χ1) is 16.9. The molecule has 1 atom stereocenters. The molecule has 4 aromatic rings. The second-order valence-electron chi connectivity index (χ2n) is 8.71. The van der Waals surface area contributed by atoms with Crippen LogP contribution in [-0.2, 0) is 16.4 Å². The first-order valence-electron chi connectivity index (χ1n) is 11.4. The number of hydrazine groups is 1. The molecule has 1 aliphatic heterocycles. The van der Waals surface area contributed by atoms with E-state index in [2.05, 4.69) is 10.9 Å². The second-order valence-corrected chi connectivity index (χ2v) is 10.4. The number of sulfonamides is 1. The van der Waals surface area contributed by atoms with Crippen molar-refractivity contribution in [2.45, 2.75) is 31.2 Å². The van der Waals surface area contributed by atoms with E-state index in [1.807, 2.05) is 56.3 Å². The quantitative estimate of drug-likeness (QED) is 0.419. The number of benzene rings is 3. The van der Waals surface area contributed by atoms with Gasteiger partial charge in [0, 0.05) is 12.1 Å². The van der Waals surface area contributed by atoms with Gasteiger partial charge in [0.05, 0.1) is 12.0 Å². The molecule has 35 heavy (non-hydrogen) atoms. The molecule has 7 nitrogen and oxygen atoms in total. The van der Waals surface area contributed by atoms with Crippen molar-refractivity contribution in [3.63, 3.8) is 0 Å². The van der Waals surface area contributed by atoms with Crippen molar-refractivity contribution in [3.8, 4) is 17.2 Å². The first kappa shape index (κ1) is 23.3. The third-order valence-electron chi connectivity index (χ3n) is 6.21. The molecule has 0 unspecified atom stereocenters. The van der Waals surface area contributed by atoms with Crippen LogP contribution in [0, 0.1) is 13.8 Å². The number of oxazole rings is 1. The van der Waals surface area contributed by atoms with Crippen LogP contribution in [0.1, 0.15) is 34.2 Å². The summed E-state index contributed by atoms with van der Waals surface area (Å²) < 4.78 is 38.1. The molecule has 0 radical (unpaired) electrons. The van der Waals surface area contributed by atoms with E-state index in [9.17, 15) is 8.42 Å². The molecule has 5 rings (SSSR count). The molecule has 1 aliphatic rings. The Labute approximate surface area is 205 Å². The van der Waals surface area contributed by atoms with Crippen molar-refractivity contribution in [2.24, 2.45) is 0 Å². The maximum atomic E-state index is 13.3. The molecule has 3 aromatic carbocycles. The van der Waals surface area contributed by atoms with Gasteiger partial charge in [-0.2, -0.15) is 0 Å². The standard InChI is InChI=1S/C27H27N3O4S/c1-18-8-12-21(13-9-18)24-27(33-3)34-26(28-24)25-23-7-5-4-6-20(23)16-17-30(25)29-35(31,32)22-14-10-19(2)11-15-22/h4-15,25,29H,16-17H2,1-3H3/t25-/m1/s1. The molecule has 0 amide bonds. The number of nitrogens with zero attached hydrogens (tertiary/aromatic N) is 2. The van der Waals surface area contributed by atoms with Gasteiger partial charge < -0.3 is 9.15 Å². The van der Waals surface area contributed by atoms with Gasteiger partial charge in [0.1, 0.15) is 6.04 Å². The Hall–Kier alpha value is -3.46. The number of aryl methyl sites for hydroxylation is 2. The van der Waals surface area contributed by atoms with Gasteiger partial charge in [-0.1, -0.05) is 71.8 Å². The highest BCUT2D eigenvalue weighted by atomic mass is 32.2. The van der Waals surface area contributed by atoms with Gasteiger partial charge in [-0.05, 0) is 43.5 Å². The van der Waals surface area contributed by atoms with Crippen LogP contribution in [0.25, 0.3) is 11.3 Å². The van der Waals surface area contributed by atoms with E-state index < -0.39 is 16.1 Å². The molecule has 0 saturated carbocycles. The highest BCUT2D eigenvalue weighted by Gasteiger charge is 2.36. The second kappa shape index (κ2) is 9.30. The maximum absolute atomic E-state index is 13.3. The van der Waals surface area contributed by atoms with Crippen LogP contribution >= 0.6 is 0 Å². The average Bonchev–Trinajstić information content (AvgIpc) is 3.28. The summed E-state index contributed by atoms with van der Waals surface area (Å²) in [5, 5.41) is 1.68. The lowest BCUT2D eigenvalue weighted by Crippen LogP contribution is -2.48. The molecule has 8 heteroatoms. The first-order valence-corrected chi connectivity index (χ1v) is 12.9. The Morgan fingerprint density at radius 1 is 0.971 bits per heavy atom. The van der Waals surface area contributed by atoms with E-state index in [4.69, 9.17) is 14.1 Å². The molecule has 180 valence electrons. The summed E-state index contributed by atoms with van der Waals surface area (Å²) in [7, 11) is -2.27. The fourth-order valence-corrected chi connectivity index (χ4v) is 5.43. The number of hydrogen-bond donors (Lipinski definition) is 1. The Morgan fingerprint density at radius 2 is 1.63 bits per heavy atom. The summed E-state index contributed by atoms with van der Waals surface area (Å²) in [5.74, 6) is 0.643. The summed E-state index contributed by atoms with van der Waals surface area (Å²) in [4.78, 5) is 7.78. The molecule has 0 aliphatic carbocycles. The number of ether oxygens (including phenoxy) is 1. The zero-order chi connectivity index (χ0) is 24.6. The van der Waals surface area contributed by atoms with E-state index in [0.29, 0.717) is 24.6 Å². The zero-order valence-corrected chi connectivity index (χ0v) is 20.7. The third kappa shape index (κ3) is 4.60. The molecule has 2 heterocycles. The van der Waals surface area contributed by atoms with E-state index in [-0.39, 0.29) is 10.8 Å². The summed E-state index contributed by atoms with van der Waals surface area (Å²) in [6, 6.07) is 22.1. The number of nitrogens with one attached hydrogen (secondary N) is 1. The zero-order valence-electron chi connectivity index (χ0n) is 19.9. The third-order valence-corrected chi connectivity index (χ3v) is 7.58. The number of rotatable bonds is 6. The molecule has 1 N–H and O–H groups in total. The van der Waals surface area contributed by atoms with Crippen molar-refractivity contribution in [2.75, 3.05) is 13.7 Å². The topological polar surface area (TPSA) is 84.7 Å². The normalized spacial score (nSPS) is 16.1. The van der Waals surface area contributed by atoms with Gasteiger partial charge >= 0.3 is 5.95 Å². The van der Waals surface area contributed by atoms with E-state index in [0.717, 1.165) is 27.8 Å². The van der Waals surface area contributed by atoms with Crippen LogP contribution in [-0.4, -0.2) is 32.1 Å². The Kier molecular flexibility index (Phi) is 6.19. The minimum absolute atomic E-state index is 0.200. The maximum Gasteiger partial charge on any atom is 0.313 e. The molecular formula is C27H27N3O4S. The molecule has 0 fully saturated rings. The SMILES string of the molecule is COc1oc([C@H]2c3ccccc3CCN2NS(=O)(=O)c2ccc(C)cc2)nc1-c1ccc(C)cc1. The Bertz CT molecular complexity index is 1440. The van der Waals surface area contributed by atoms with Crippen molar-refractivity contribution in [1.29, 1.82) is 0 Å². The largest absolute Gasteiger partial charge is 0.467 e. The predicted molar refractivity (Wildman–Crippen MR) is 133 cm³/mol. The van der Waals surface area contributed by atoms with Crippen molar-refractivity contribution in [1.82, 2.24) is 14.8 Å². The summed E-state index contributed by atoms with van der Waals surface area (Å²) in [6.07, 6.45) is 0.686. The van der Waals surface area contributed by atoms with Crippen LogP contribution in [0.15, 0.2) is 82.1 Å². The van der Waals surface area contributed by atoms with Gasteiger partial charge in [-0.15, -0.1) is 4.83 Å². The van der Waals surface area contributed by atoms with E-state index in [1.165, 1.54) is 7.11 Å². The highest BCUT2D eigenvalue weighted by molar-refractivity contribution is 7.89. The smallest absolute Gasteiger partial charge is 0.313 e. The van der Waals surface area contributed by atoms with Gasteiger partial charge in [0.25, 0.3) is 10.0 Å². The highest BCUT2D eigenvalue weighted by Crippen LogP contribution is 2.39. The van der Waals surface area contributed by atoms with Gasteiger partial charge in [0.15, 0.2) is 5.69 Å². The van der Waals surface area contributed by atoms with Crippen molar-refractivity contribution in [3.05, 3.63) is 101 Å². The van der Waals surface area contributed by atoms with E-state index in [1.54, 1.807) is 29.3 Å². The fraction of sp³-hybridized carbons (Fsp3) is 0.222. The lowest BCUT2D eigenvalue weighted by atomic mass is 9.94. The Balaban J connectivity index is 1.57.